The normalized spacial score (nSPS) is 10.6. The number of rotatable bonds is 4. The molecule has 2 N–H and O–H groups in total. The van der Waals surface area contributed by atoms with Gasteiger partial charge in [0.05, 0.1) is 17.6 Å². The van der Waals surface area contributed by atoms with Gasteiger partial charge in [0.15, 0.2) is 0 Å². The van der Waals surface area contributed by atoms with E-state index >= 15 is 0 Å². The van der Waals surface area contributed by atoms with Crippen molar-refractivity contribution in [1.29, 1.82) is 0 Å². The number of H-pyrrole nitrogens is 1. The van der Waals surface area contributed by atoms with Gasteiger partial charge >= 0.3 is 0 Å². The lowest BCUT2D eigenvalue weighted by Crippen LogP contribution is -2.13. The average Bonchev–Trinajstić information content (AvgIpc) is 3.34. The third-order valence-corrected chi connectivity index (χ3v) is 3.71. The van der Waals surface area contributed by atoms with Gasteiger partial charge in [-0.1, -0.05) is 36.4 Å². The third-order valence-electron chi connectivity index (χ3n) is 3.71. The fourth-order valence-corrected chi connectivity index (χ4v) is 2.56. The van der Waals surface area contributed by atoms with Crippen LogP contribution in [0.3, 0.4) is 0 Å². The Hall–Kier alpha value is -3.74. The molecule has 4 aromatic rings. The smallest absolute Gasteiger partial charge is 0.258 e. The zero-order valence-corrected chi connectivity index (χ0v) is 13.1. The molecule has 0 aliphatic carbocycles. The summed E-state index contributed by atoms with van der Waals surface area (Å²) in [5.41, 5.74) is 3.31. The predicted molar refractivity (Wildman–Crippen MR) is 93.3 cm³/mol. The number of nitrogens with one attached hydrogen (secondary N) is 2. The summed E-state index contributed by atoms with van der Waals surface area (Å²) in [6.07, 6.45) is 3.07. The van der Waals surface area contributed by atoms with Gasteiger partial charge in [-0.15, -0.1) is 0 Å². The van der Waals surface area contributed by atoms with Crippen molar-refractivity contribution in [2.45, 2.75) is 0 Å². The van der Waals surface area contributed by atoms with Crippen molar-refractivity contribution in [2.24, 2.45) is 0 Å². The Kier molecular flexibility index (Phi) is 3.80. The van der Waals surface area contributed by atoms with Crippen LogP contribution in [0.25, 0.3) is 16.9 Å². The highest BCUT2D eigenvalue weighted by molar-refractivity contribution is 6.03. The molecule has 0 aliphatic rings. The summed E-state index contributed by atoms with van der Waals surface area (Å²) in [5, 5.41) is 13.4. The molecule has 0 bridgehead atoms. The molecular weight excluding hydrogens is 316 g/mol. The molecule has 1 amide bonds. The number of carbonyl (C=O) groups is 1. The molecular formula is C18H14N6O. The minimum atomic E-state index is -0.271. The van der Waals surface area contributed by atoms with E-state index in [1.807, 2.05) is 48.5 Å². The predicted octanol–water partition coefficient (Wildman–Crippen LogP) is 2.91. The molecule has 0 saturated heterocycles. The first-order valence-electron chi connectivity index (χ1n) is 7.68. The van der Waals surface area contributed by atoms with Gasteiger partial charge in [-0.05, 0) is 24.3 Å². The SMILES string of the molecule is O=C(Nc1ncn[nH]1)c1cccc(-n2nccc2-c2ccccc2)c1. The van der Waals surface area contributed by atoms with Crippen molar-refractivity contribution in [3.05, 3.63) is 78.8 Å². The maximum absolute atomic E-state index is 12.4. The van der Waals surface area contributed by atoms with E-state index in [0.717, 1.165) is 16.9 Å². The van der Waals surface area contributed by atoms with E-state index in [-0.39, 0.29) is 5.91 Å². The van der Waals surface area contributed by atoms with Gasteiger partial charge in [0.2, 0.25) is 5.95 Å². The van der Waals surface area contributed by atoms with Crippen LogP contribution in [0.2, 0.25) is 0 Å². The number of amides is 1. The molecule has 25 heavy (non-hydrogen) atoms. The minimum Gasteiger partial charge on any atom is -0.291 e. The van der Waals surface area contributed by atoms with E-state index in [0.29, 0.717) is 11.5 Å². The van der Waals surface area contributed by atoms with E-state index < -0.39 is 0 Å². The summed E-state index contributed by atoms with van der Waals surface area (Å²) in [5.74, 6) is 0.0338. The molecule has 2 aromatic carbocycles. The van der Waals surface area contributed by atoms with E-state index in [1.54, 1.807) is 23.0 Å². The third kappa shape index (κ3) is 3.02. The van der Waals surface area contributed by atoms with Crippen LogP contribution >= 0.6 is 0 Å². The van der Waals surface area contributed by atoms with Crippen molar-refractivity contribution in [1.82, 2.24) is 25.0 Å². The number of aromatic amines is 1. The number of benzene rings is 2. The fraction of sp³-hybridized carbons (Fsp3) is 0. The largest absolute Gasteiger partial charge is 0.291 e. The van der Waals surface area contributed by atoms with Crippen LogP contribution in [0.15, 0.2) is 73.2 Å². The van der Waals surface area contributed by atoms with Gasteiger partial charge in [0.25, 0.3) is 5.91 Å². The number of hydrogen-bond acceptors (Lipinski definition) is 4. The molecule has 0 atom stereocenters. The monoisotopic (exact) mass is 330 g/mol. The van der Waals surface area contributed by atoms with E-state index in [9.17, 15) is 4.79 Å². The molecule has 7 nitrogen and oxygen atoms in total. The lowest BCUT2D eigenvalue weighted by Gasteiger charge is -2.09. The van der Waals surface area contributed by atoms with Gasteiger partial charge in [-0.25, -0.2) is 9.78 Å². The Morgan fingerprint density at radius 1 is 1.04 bits per heavy atom. The second-order valence-corrected chi connectivity index (χ2v) is 5.33. The van der Waals surface area contributed by atoms with Crippen molar-refractivity contribution in [3.8, 4) is 16.9 Å². The summed E-state index contributed by atoms with van der Waals surface area (Å²) in [6, 6.07) is 19.2. The summed E-state index contributed by atoms with van der Waals surface area (Å²) < 4.78 is 1.81. The second kappa shape index (κ2) is 6.40. The molecule has 0 fully saturated rings. The highest BCUT2D eigenvalue weighted by Crippen LogP contribution is 2.22. The van der Waals surface area contributed by atoms with Crippen molar-refractivity contribution in [3.63, 3.8) is 0 Å². The molecule has 122 valence electrons. The van der Waals surface area contributed by atoms with Crippen molar-refractivity contribution < 1.29 is 4.79 Å². The summed E-state index contributed by atoms with van der Waals surface area (Å²) in [4.78, 5) is 16.3. The van der Waals surface area contributed by atoms with E-state index in [1.165, 1.54) is 6.33 Å². The molecule has 0 unspecified atom stereocenters. The maximum Gasteiger partial charge on any atom is 0.258 e. The quantitative estimate of drug-likeness (QED) is 0.602. The lowest BCUT2D eigenvalue weighted by molar-refractivity contribution is 0.102. The van der Waals surface area contributed by atoms with Gasteiger partial charge in [-0.3, -0.25) is 10.1 Å². The Balaban J connectivity index is 1.67. The van der Waals surface area contributed by atoms with Gasteiger partial charge in [0, 0.05) is 11.1 Å². The number of aromatic nitrogens is 5. The van der Waals surface area contributed by atoms with E-state index in [2.05, 4.69) is 25.6 Å². The minimum absolute atomic E-state index is 0.271. The Morgan fingerprint density at radius 2 is 1.92 bits per heavy atom. The number of carbonyl (C=O) groups excluding carboxylic acids is 1. The van der Waals surface area contributed by atoms with Gasteiger partial charge in [-0.2, -0.15) is 15.2 Å². The van der Waals surface area contributed by atoms with Crippen LogP contribution in [0.5, 0.6) is 0 Å². The van der Waals surface area contributed by atoms with Crippen LogP contribution in [0.1, 0.15) is 10.4 Å². The Morgan fingerprint density at radius 3 is 2.72 bits per heavy atom. The van der Waals surface area contributed by atoms with Crippen LogP contribution in [0, 0.1) is 0 Å². The summed E-state index contributed by atoms with van der Waals surface area (Å²) >= 11 is 0. The van der Waals surface area contributed by atoms with Crippen LogP contribution in [-0.4, -0.2) is 30.9 Å². The van der Waals surface area contributed by atoms with Gasteiger partial charge < -0.3 is 0 Å². The maximum atomic E-state index is 12.4. The molecule has 4 rings (SSSR count). The summed E-state index contributed by atoms with van der Waals surface area (Å²) in [7, 11) is 0. The van der Waals surface area contributed by atoms with Crippen molar-refractivity contribution in [2.75, 3.05) is 5.32 Å². The van der Waals surface area contributed by atoms with Crippen LogP contribution < -0.4 is 5.32 Å². The van der Waals surface area contributed by atoms with E-state index in [4.69, 9.17) is 0 Å². The van der Waals surface area contributed by atoms with Crippen LogP contribution in [0.4, 0.5) is 5.95 Å². The highest BCUT2D eigenvalue weighted by atomic mass is 16.1. The number of anilines is 1. The first-order valence-corrected chi connectivity index (χ1v) is 7.68. The zero-order chi connectivity index (χ0) is 17.1. The first kappa shape index (κ1) is 14.8. The molecule has 0 radical (unpaired) electrons. The molecule has 0 spiro atoms. The molecule has 7 heteroatoms. The molecule has 0 aliphatic heterocycles. The molecule has 0 saturated carbocycles. The zero-order valence-electron chi connectivity index (χ0n) is 13.1. The number of hydrogen-bond donors (Lipinski definition) is 2. The first-order chi connectivity index (χ1) is 12.3. The van der Waals surface area contributed by atoms with Crippen molar-refractivity contribution >= 4 is 11.9 Å². The topological polar surface area (TPSA) is 88.5 Å². The number of nitrogens with zero attached hydrogens (tertiary/aromatic N) is 4. The average molecular weight is 330 g/mol. The standard InChI is InChI=1S/C18H14N6O/c25-17(22-18-19-12-20-23-18)14-7-4-8-15(11-14)24-16(9-10-21-24)13-5-2-1-3-6-13/h1-12H,(H2,19,20,22,23,25). The molecule has 2 aromatic heterocycles. The highest BCUT2D eigenvalue weighted by Gasteiger charge is 2.11. The second-order valence-electron chi connectivity index (χ2n) is 5.33. The lowest BCUT2D eigenvalue weighted by atomic mass is 10.1. The fourth-order valence-electron chi connectivity index (χ4n) is 2.56. The molecule has 2 heterocycles. The van der Waals surface area contributed by atoms with Crippen LogP contribution in [-0.2, 0) is 0 Å². The Bertz CT molecular complexity index is 991. The summed E-state index contributed by atoms with van der Waals surface area (Å²) in [6.45, 7) is 0. The Labute approximate surface area is 143 Å². The van der Waals surface area contributed by atoms with Gasteiger partial charge in [0.1, 0.15) is 6.33 Å².